The Kier molecular flexibility index (Phi) is 8.02. The lowest BCUT2D eigenvalue weighted by Gasteiger charge is -2.32. The third-order valence-corrected chi connectivity index (χ3v) is 3.71. The Morgan fingerprint density at radius 2 is 2.00 bits per heavy atom. The molecule has 0 heterocycles. The Morgan fingerprint density at radius 1 is 1.32 bits per heavy atom. The van der Waals surface area contributed by atoms with Gasteiger partial charge in [0.1, 0.15) is 0 Å². The zero-order valence-corrected chi connectivity index (χ0v) is 12.2. The second-order valence-corrected chi connectivity index (χ2v) is 5.44. The smallest absolute Gasteiger partial charge is 0.222 e. The van der Waals surface area contributed by atoms with Crippen molar-refractivity contribution in [3.63, 3.8) is 0 Å². The summed E-state index contributed by atoms with van der Waals surface area (Å²) in [6.45, 7) is 1.16. The van der Waals surface area contributed by atoms with Crippen molar-refractivity contribution in [3.05, 3.63) is 0 Å². The number of hydrogen-bond donors (Lipinski definition) is 2. The maximum Gasteiger partial charge on any atom is 0.222 e. The van der Waals surface area contributed by atoms with Crippen molar-refractivity contribution in [2.45, 2.75) is 50.7 Å². The molecule has 1 aliphatic carbocycles. The van der Waals surface area contributed by atoms with Crippen LogP contribution in [0.25, 0.3) is 0 Å². The van der Waals surface area contributed by atoms with Gasteiger partial charge in [-0.3, -0.25) is 4.79 Å². The zero-order chi connectivity index (χ0) is 14.1. The lowest BCUT2D eigenvalue weighted by molar-refractivity contribution is -0.122. The van der Waals surface area contributed by atoms with Gasteiger partial charge in [0.15, 0.2) is 0 Å². The van der Waals surface area contributed by atoms with Gasteiger partial charge in [-0.05, 0) is 46.2 Å². The molecule has 5 nitrogen and oxygen atoms in total. The maximum atomic E-state index is 11.4. The fourth-order valence-corrected chi connectivity index (χ4v) is 2.44. The number of rotatable bonds is 8. The molecule has 1 fully saturated rings. The summed E-state index contributed by atoms with van der Waals surface area (Å²) in [6.07, 6.45) is 5.90. The van der Waals surface area contributed by atoms with E-state index in [1.54, 1.807) is 0 Å². The van der Waals surface area contributed by atoms with Crippen LogP contribution in [0.15, 0.2) is 0 Å². The number of ether oxygens (including phenoxy) is 1. The van der Waals surface area contributed by atoms with E-state index in [1.165, 1.54) is 12.8 Å². The van der Waals surface area contributed by atoms with Crippen molar-refractivity contribution in [1.29, 1.82) is 0 Å². The van der Waals surface area contributed by atoms with Gasteiger partial charge in [0.05, 0.1) is 12.7 Å². The molecule has 2 N–H and O–H groups in total. The molecule has 1 aliphatic rings. The molecule has 1 saturated carbocycles. The van der Waals surface area contributed by atoms with Crippen molar-refractivity contribution in [1.82, 2.24) is 10.2 Å². The summed E-state index contributed by atoms with van der Waals surface area (Å²) in [5, 5.41) is 11.4. The van der Waals surface area contributed by atoms with Gasteiger partial charge in [0.2, 0.25) is 5.91 Å². The highest BCUT2D eigenvalue weighted by Crippen LogP contribution is 2.23. The summed E-state index contributed by atoms with van der Waals surface area (Å²) in [6, 6.07) is 0.682. The fourth-order valence-electron chi connectivity index (χ4n) is 2.44. The standard InChI is InChI=1S/C14H28N2O3/c1-16(2)12-4-6-13(7-5-12)19-11-8-14(18)15-9-3-10-17/h12-13,17H,3-11H2,1-2H3,(H,15,18). The number of aliphatic hydroxyl groups is 1. The Labute approximate surface area is 116 Å². The summed E-state index contributed by atoms with van der Waals surface area (Å²) < 4.78 is 5.76. The van der Waals surface area contributed by atoms with Crippen LogP contribution < -0.4 is 5.32 Å². The summed E-state index contributed by atoms with van der Waals surface area (Å²) in [4.78, 5) is 13.7. The number of nitrogens with zero attached hydrogens (tertiary/aromatic N) is 1. The molecule has 112 valence electrons. The molecule has 0 saturated heterocycles. The summed E-state index contributed by atoms with van der Waals surface area (Å²) in [7, 11) is 4.26. The first-order chi connectivity index (χ1) is 9.13. The van der Waals surface area contributed by atoms with E-state index in [0.717, 1.165) is 12.8 Å². The first-order valence-corrected chi connectivity index (χ1v) is 7.29. The zero-order valence-electron chi connectivity index (χ0n) is 12.2. The first kappa shape index (κ1) is 16.4. The molecule has 0 atom stereocenters. The quantitative estimate of drug-likeness (QED) is 0.641. The molecule has 0 spiro atoms. The minimum Gasteiger partial charge on any atom is -0.396 e. The molecular formula is C14H28N2O3. The molecule has 0 aromatic heterocycles. The minimum absolute atomic E-state index is 0.00966. The highest BCUT2D eigenvalue weighted by Gasteiger charge is 2.22. The van der Waals surface area contributed by atoms with Crippen molar-refractivity contribution in [2.75, 3.05) is 33.9 Å². The van der Waals surface area contributed by atoms with E-state index in [4.69, 9.17) is 9.84 Å². The van der Waals surface area contributed by atoms with Crippen LogP contribution in [0.1, 0.15) is 38.5 Å². The van der Waals surface area contributed by atoms with Crippen LogP contribution in [0.4, 0.5) is 0 Å². The van der Waals surface area contributed by atoms with Gasteiger partial charge in [-0.2, -0.15) is 0 Å². The summed E-state index contributed by atoms with van der Waals surface area (Å²) in [5.41, 5.74) is 0. The number of aliphatic hydroxyl groups excluding tert-OH is 1. The van der Waals surface area contributed by atoms with E-state index in [9.17, 15) is 4.79 Å². The van der Waals surface area contributed by atoms with Crippen molar-refractivity contribution in [2.24, 2.45) is 0 Å². The van der Waals surface area contributed by atoms with Gasteiger partial charge in [-0.1, -0.05) is 0 Å². The lowest BCUT2D eigenvalue weighted by atomic mass is 9.92. The molecule has 1 rings (SSSR count). The van der Waals surface area contributed by atoms with E-state index in [0.29, 0.717) is 38.1 Å². The minimum atomic E-state index is 0.00966. The maximum absolute atomic E-state index is 11.4. The normalized spacial score (nSPS) is 23.6. The number of carbonyl (C=O) groups is 1. The third kappa shape index (κ3) is 6.89. The van der Waals surface area contributed by atoms with E-state index < -0.39 is 0 Å². The number of carbonyl (C=O) groups excluding carboxylic acids is 1. The average molecular weight is 272 g/mol. The highest BCUT2D eigenvalue weighted by atomic mass is 16.5. The molecule has 5 heteroatoms. The Morgan fingerprint density at radius 3 is 2.58 bits per heavy atom. The SMILES string of the molecule is CN(C)C1CCC(OCCC(=O)NCCCO)CC1. The van der Waals surface area contributed by atoms with Crippen LogP contribution >= 0.6 is 0 Å². The molecule has 0 aliphatic heterocycles. The van der Waals surface area contributed by atoms with Crippen LogP contribution in [-0.4, -0.2) is 61.9 Å². The van der Waals surface area contributed by atoms with Gasteiger partial charge in [0, 0.05) is 25.6 Å². The molecule has 1 amide bonds. The van der Waals surface area contributed by atoms with Gasteiger partial charge in [-0.15, -0.1) is 0 Å². The second-order valence-electron chi connectivity index (χ2n) is 5.44. The van der Waals surface area contributed by atoms with E-state index in [2.05, 4.69) is 24.3 Å². The van der Waals surface area contributed by atoms with E-state index in [-0.39, 0.29) is 12.5 Å². The molecule has 0 aromatic carbocycles. The number of nitrogens with one attached hydrogen (secondary N) is 1. The second kappa shape index (κ2) is 9.28. The van der Waals surface area contributed by atoms with Gasteiger partial charge < -0.3 is 20.1 Å². The molecule has 0 bridgehead atoms. The van der Waals surface area contributed by atoms with Gasteiger partial charge in [0.25, 0.3) is 0 Å². The van der Waals surface area contributed by atoms with Crippen molar-refractivity contribution >= 4 is 5.91 Å². The van der Waals surface area contributed by atoms with Crippen molar-refractivity contribution < 1.29 is 14.6 Å². The summed E-state index contributed by atoms with van der Waals surface area (Å²) >= 11 is 0. The van der Waals surface area contributed by atoms with E-state index >= 15 is 0 Å². The Bertz CT molecular complexity index is 251. The van der Waals surface area contributed by atoms with Gasteiger partial charge >= 0.3 is 0 Å². The van der Waals surface area contributed by atoms with Crippen LogP contribution in [0.5, 0.6) is 0 Å². The predicted molar refractivity (Wildman–Crippen MR) is 75.0 cm³/mol. The summed E-state index contributed by atoms with van der Waals surface area (Å²) in [5.74, 6) is 0.00966. The Hall–Kier alpha value is -0.650. The third-order valence-electron chi connectivity index (χ3n) is 3.71. The number of amides is 1. The Balaban J connectivity index is 2.03. The molecule has 0 unspecified atom stereocenters. The monoisotopic (exact) mass is 272 g/mol. The van der Waals surface area contributed by atoms with Crippen LogP contribution in [0.3, 0.4) is 0 Å². The highest BCUT2D eigenvalue weighted by molar-refractivity contribution is 5.75. The largest absolute Gasteiger partial charge is 0.396 e. The van der Waals surface area contributed by atoms with Gasteiger partial charge in [-0.25, -0.2) is 0 Å². The first-order valence-electron chi connectivity index (χ1n) is 7.29. The molecule has 19 heavy (non-hydrogen) atoms. The van der Waals surface area contributed by atoms with Crippen LogP contribution in [0.2, 0.25) is 0 Å². The molecule has 0 radical (unpaired) electrons. The fraction of sp³-hybridized carbons (Fsp3) is 0.929. The van der Waals surface area contributed by atoms with E-state index in [1.807, 2.05) is 0 Å². The lowest BCUT2D eigenvalue weighted by Crippen LogP contribution is -2.35. The molecular weight excluding hydrogens is 244 g/mol. The topological polar surface area (TPSA) is 61.8 Å². The van der Waals surface area contributed by atoms with Crippen LogP contribution in [-0.2, 0) is 9.53 Å². The average Bonchev–Trinajstić information content (AvgIpc) is 2.39. The predicted octanol–water partition coefficient (Wildman–Crippen LogP) is 0.764. The van der Waals surface area contributed by atoms with Crippen molar-refractivity contribution in [3.8, 4) is 0 Å². The number of hydrogen-bond acceptors (Lipinski definition) is 4. The van der Waals surface area contributed by atoms with Crippen LogP contribution in [0, 0.1) is 0 Å². The molecule has 0 aromatic rings.